The fraction of sp³-hybridized carbons (Fsp3) is 0.208. The fourth-order valence-electron chi connectivity index (χ4n) is 3.44. The Kier molecular flexibility index (Phi) is 7.19. The van der Waals surface area contributed by atoms with Crippen LogP contribution in [0.3, 0.4) is 0 Å². The van der Waals surface area contributed by atoms with E-state index in [0.717, 1.165) is 12.8 Å². The van der Waals surface area contributed by atoms with Crippen LogP contribution in [0.25, 0.3) is 0 Å². The first kappa shape index (κ1) is 23.4. The largest absolute Gasteiger partial charge is 0.447 e. The Morgan fingerprint density at radius 1 is 1.03 bits per heavy atom. The molecule has 0 aliphatic carbocycles. The minimum absolute atomic E-state index is 0.0118. The van der Waals surface area contributed by atoms with Crippen molar-refractivity contribution < 1.29 is 27.5 Å². The van der Waals surface area contributed by atoms with Crippen LogP contribution in [0.1, 0.15) is 23.3 Å². The van der Waals surface area contributed by atoms with Crippen molar-refractivity contribution in [2.45, 2.75) is 23.8 Å². The van der Waals surface area contributed by atoms with E-state index < -0.39 is 22.0 Å². The molecule has 1 unspecified atom stereocenters. The average Bonchev–Trinajstić information content (AvgIpc) is 3.38. The first-order valence-corrected chi connectivity index (χ1v) is 12.1. The van der Waals surface area contributed by atoms with Crippen LogP contribution in [0.5, 0.6) is 0 Å². The maximum Gasteiger partial charge on any atom is 0.411 e. The van der Waals surface area contributed by atoms with E-state index >= 15 is 0 Å². The number of sulfonamides is 1. The molecule has 0 radical (unpaired) electrons. The van der Waals surface area contributed by atoms with E-state index in [9.17, 15) is 18.0 Å². The summed E-state index contributed by atoms with van der Waals surface area (Å²) < 4.78 is 38.2. The zero-order valence-electron chi connectivity index (χ0n) is 18.2. The Balaban J connectivity index is 1.53. The number of pyridine rings is 1. The molecule has 1 aromatic heterocycles. The van der Waals surface area contributed by atoms with Crippen LogP contribution in [0, 0.1) is 0 Å². The van der Waals surface area contributed by atoms with Crippen LogP contribution in [-0.2, 0) is 19.5 Å². The summed E-state index contributed by atoms with van der Waals surface area (Å²) in [6, 6.07) is 18.2. The van der Waals surface area contributed by atoms with E-state index in [1.807, 2.05) is 0 Å². The second kappa shape index (κ2) is 10.4. The molecular formula is C24H23N3O6S. The lowest BCUT2D eigenvalue weighted by molar-refractivity contribution is 0.0484. The third kappa shape index (κ3) is 5.41. The Bertz CT molecular complexity index is 1230. The molecule has 1 fully saturated rings. The highest BCUT2D eigenvalue weighted by molar-refractivity contribution is 7.93. The zero-order chi connectivity index (χ0) is 24.0. The van der Waals surface area contributed by atoms with Crippen molar-refractivity contribution >= 4 is 33.4 Å². The quantitative estimate of drug-likeness (QED) is 0.545. The van der Waals surface area contributed by atoms with Gasteiger partial charge in [-0.15, -0.1) is 0 Å². The van der Waals surface area contributed by atoms with E-state index in [4.69, 9.17) is 9.47 Å². The summed E-state index contributed by atoms with van der Waals surface area (Å²) in [5.74, 6) is -0.785. The van der Waals surface area contributed by atoms with Crippen molar-refractivity contribution in [3.8, 4) is 0 Å². The van der Waals surface area contributed by atoms with E-state index in [1.54, 1.807) is 30.3 Å². The Morgan fingerprint density at radius 3 is 2.41 bits per heavy atom. The van der Waals surface area contributed by atoms with Crippen molar-refractivity contribution in [2.75, 3.05) is 22.8 Å². The lowest BCUT2D eigenvalue weighted by atomic mass is 10.2. The summed E-state index contributed by atoms with van der Waals surface area (Å²) in [7, 11) is -4.28. The van der Waals surface area contributed by atoms with Gasteiger partial charge in [-0.3, -0.25) is 15.1 Å². The van der Waals surface area contributed by atoms with Crippen LogP contribution in [0.15, 0.2) is 83.9 Å². The van der Waals surface area contributed by atoms with Crippen molar-refractivity contribution in [3.63, 3.8) is 0 Å². The molecule has 1 atom stereocenters. The summed E-state index contributed by atoms with van der Waals surface area (Å²) in [6.07, 6.45) is 2.44. The second-order valence-corrected chi connectivity index (χ2v) is 9.29. The lowest BCUT2D eigenvalue weighted by Gasteiger charge is -2.22. The number of para-hydroxylation sites is 1. The first-order chi connectivity index (χ1) is 16.4. The van der Waals surface area contributed by atoms with Gasteiger partial charge in [-0.1, -0.05) is 24.3 Å². The Labute approximate surface area is 197 Å². The highest BCUT2D eigenvalue weighted by Gasteiger charge is 2.32. The zero-order valence-corrected chi connectivity index (χ0v) is 19.0. The third-order valence-corrected chi connectivity index (χ3v) is 6.85. The number of anilines is 2. The van der Waals surface area contributed by atoms with Crippen molar-refractivity contribution in [1.29, 1.82) is 0 Å². The predicted octanol–water partition coefficient (Wildman–Crippen LogP) is 3.84. The van der Waals surface area contributed by atoms with Gasteiger partial charge in [0.1, 0.15) is 12.3 Å². The minimum Gasteiger partial charge on any atom is -0.447 e. The number of benzene rings is 2. The molecule has 176 valence electrons. The fourth-order valence-corrected chi connectivity index (χ4v) is 4.84. The van der Waals surface area contributed by atoms with Crippen LogP contribution >= 0.6 is 0 Å². The van der Waals surface area contributed by atoms with Crippen molar-refractivity contribution in [3.05, 3.63) is 84.7 Å². The first-order valence-electron chi connectivity index (χ1n) is 10.7. The van der Waals surface area contributed by atoms with Crippen LogP contribution in [0.2, 0.25) is 0 Å². The van der Waals surface area contributed by atoms with Gasteiger partial charge in [0.25, 0.3) is 15.9 Å². The number of nitrogens with zero attached hydrogens (tertiary/aromatic N) is 2. The van der Waals surface area contributed by atoms with Gasteiger partial charge in [0.05, 0.1) is 16.7 Å². The number of hydrogen-bond donors (Lipinski definition) is 1. The molecule has 2 aromatic carbocycles. The standard InChI is InChI=1S/C24H23N3O6S/c28-23(22-10-4-5-15-25-22)27(19-7-2-1-3-8-19)34(30,31)21-13-11-18(12-14-21)26-24(29)33-17-20-9-6-16-32-20/h1-5,7-8,10-15,20H,6,9,16-17H2,(H,26,29). The van der Waals surface area contributed by atoms with Gasteiger partial charge < -0.3 is 9.47 Å². The van der Waals surface area contributed by atoms with Crippen molar-refractivity contribution in [1.82, 2.24) is 4.98 Å². The monoisotopic (exact) mass is 481 g/mol. The summed E-state index contributed by atoms with van der Waals surface area (Å²) >= 11 is 0. The number of carbonyl (C=O) groups excluding carboxylic acids is 2. The summed E-state index contributed by atoms with van der Waals surface area (Å²) in [5.41, 5.74) is 0.513. The molecule has 10 heteroatoms. The van der Waals surface area contributed by atoms with Gasteiger partial charge in [0.2, 0.25) is 0 Å². The number of carbonyl (C=O) groups is 2. The number of rotatable bonds is 7. The second-order valence-electron chi connectivity index (χ2n) is 7.51. The summed E-state index contributed by atoms with van der Waals surface area (Å²) in [4.78, 5) is 29.1. The van der Waals surface area contributed by atoms with Crippen LogP contribution in [-0.4, -0.2) is 44.7 Å². The molecule has 1 saturated heterocycles. The van der Waals surface area contributed by atoms with E-state index in [1.165, 1.54) is 48.7 Å². The SMILES string of the molecule is O=C(Nc1ccc(S(=O)(=O)N(C(=O)c2ccccn2)c2ccccc2)cc1)OCC1CCCO1. The van der Waals surface area contributed by atoms with E-state index in [2.05, 4.69) is 10.3 Å². The average molecular weight is 482 g/mol. The maximum absolute atomic E-state index is 13.5. The normalized spacial score (nSPS) is 15.5. The van der Waals surface area contributed by atoms with Crippen LogP contribution in [0.4, 0.5) is 16.2 Å². The van der Waals surface area contributed by atoms with Gasteiger partial charge in [0, 0.05) is 18.5 Å². The molecule has 3 aromatic rings. The van der Waals surface area contributed by atoms with Gasteiger partial charge in [-0.25, -0.2) is 13.2 Å². The summed E-state index contributed by atoms with van der Waals surface area (Å²) in [5, 5.41) is 2.55. The predicted molar refractivity (Wildman–Crippen MR) is 125 cm³/mol. The topological polar surface area (TPSA) is 115 Å². The van der Waals surface area contributed by atoms with Crippen molar-refractivity contribution in [2.24, 2.45) is 0 Å². The molecule has 2 amide bonds. The minimum atomic E-state index is -4.28. The Morgan fingerprint density at radius 2 is 1.76 bits per heavy atom. The van der Waals surface area contributed by atoms with Gasteiger partial charge >= 0.3 is 6.09 Å². The molecule has 1 N–H and O–H groups in total. The molecule has 0 bridgehead atoms. The molecule has 1 aliphatic heterocycles. The molecular weight excluding hydrogens is 458 g/mol. The molecule has 9 nitrogen and oxygen atoms in total. The highest BCUT2D eigenvalue weighted by Crippen LogP contribution is 2.26. The van der Waals surface area contributed by atoms with E-state index in [-0.39, 0.29) is 29.0 Å². The number of amides is 2. The molecule has 34 heavy (non-hydrogen) atoms. The van der Waals surface area contributed by atoms with Crippen LogP contribution < -0.4 is 9.62 Å². The number of aromatic nitrogens is 1. The summed E-state index contributed by atoms with van der Waals surface area (Å²) in [6.45, 7) is 0.814. The number of nitrogens with one attached hydrogen (secondary N) is 1. The smallest absolute Gasteiger partial charge is 0.411 e. The third-order valence-electron chi connectivity index (χ3n) is 5.12. The molecule has 0 saturated carbocycles. The molecule has 1 aliphatic rings. The molecule has 0 spiro atoms. The maximum atomic E-state index is 13.5. The lowest BCUT2D eigenvalue weighted by Crippen LogP contribution is -2.37. The van der Waals surface area contributed by atoms with Gasteiger partial charge in [-0.05, 0) is 61.4 Å². The Hall–Kier alpha value is -3.76. The number of ether oxygens (including phenoxy) is 2. The van der Waals surface area contributed by atoms with Gasteiger partial charge in [-0.2, -0.15) is 4.31 Å². The molecule has 2 heterocycles. The highest BCUT2D eigenvalue weighted by atomic mass is 32.2. The molecule has 4 rings (SSSR count). The van der Waals surface area contributed by atoms with E-state index in [0.29, 0.717) is 16.6 Å². The number of hydrogen-bond acceptors (Lipinski definition) is 7. The van der Waals surface area contributed by atoms with Gasteiger partial charge in [0.15, 0.2) is 0 Å².